The van der Waals surface area contributed by atoms with E-state index < -0.39 is 12.6 Å². The quantitative estimate of drug-likeness (QED) is 0.770. The molecule has 0 aromatic heterocycles. The molecule has 6 heteroatoms. The van der Waals surface area contributed by atoms with Crippen molar-refractivity contribution in [1.29, 1.82) is 0 Å². The lowest BCUT2D eigenvalue weighted by atomic mass is 9.78. The summed E-state index contributed by atoms with van der Waals surface area (Å²) in [5.74, 6) is -0.562. The minimum Gasteiger partial charge on any atom is -0.350 e. The van der Waals surface area contributed by atoms with Crippen molar-refractivity contribution in [2.24, 2.45) is 5.92 Å². The van der Waals surface area contributed by atoms with E-state index in [4.69, 9.17) is 0 Å². The Morgan fingerprint density at radius 1 is 1.39 bits per heavy atom. The van der Waals surface area contributed by atoms with Gasteiger partial charge in [0.2, 0.25) is 5.91 Å². The second-order valence-electron chi connectivity index (χ2n) is 5.03. The second kappa shape index (κ2) is 6.22. The molecule has 0 aliphatic heterocycles. The van der Waals surface area contributed by atoms with Gasteiger partial charge in [0, 0.05) is 25.1 Å². The summed E-state index contributed by atoms with van der Waals surface area (Å²) in [5, 5.41) is 2.69. The predicted molar refractivity (Wildman–Crippen MR) is 63.0 cm³/mol. The van der Waals surface area contributed by atoms with E-state index in [0.29, 0.717) is 19.4 Å². The SMILES string of the molecule is CN(C)C/C=C/C(=O)NC1CC(CC(F)(F)F)C1. The Kier molecular flexibility index (Phi) is 5.19. The van der Waals surface area contributed by atoms with Crippen molar-refractivity contribution in [1.82, 2.24) is 10.2 Å². The number of hydrogen-bond acceptors (Lipinski definition) is 2. The third-order valence-corrected chi connectivity index (χ3v) is 2.84. The molecule has 0 radical (unpaired) electrons. The maximum atomic E-state index is 12.1. The minimum atomic E-state index is -4.09. The first-order chi connectivity index (χ1) is 8.26. The van der Waals surface area contributed by atoms with E-state index in [9.17, 15) is 18.0 Å². The van der Waals surface area contributed by atoms with Gasteiger partial charge in [0.05, 0.1) is 0 Å². The highest BCUT2D eigenvalue weighted by Crippen LogP contribution is 2.37. The van der Waals surface area contributed by atoms with Crippen molar-refractivity contribution < 1.29 is 18.0 Å². The highest BCUT2D eigenvalue weighted by molar-refractivity contribution is 5.87. The van der Waals surface area contributed by atoms with Crippen molar-refractivity contribution in [3.05, 3.63) is 12.2 Å². The second-order valence-corrected chi connectivity index (χ2v) is 5.03. The van der Waals surface area contributed by atoms with Gasteiger partial charge >= 0.3 is 6.18 Å². The van der Waals surface area contributed by atoms with Crippen molar-refractivity contribution in [3.63, 3.8) is 0 Å². The molecule has 18 heavy (non-hydrogen) atoms. The van der Waals surface area contributed by atoms with E-state index in [1.165, 1.54) is 6.08 Å². The molecule has 1 aliphatic carbocycles. The average Bonchev–Trinajstić information content (AvgIpc) is 2.11. The molecule has 1 amide bonds. The van der Waals surface area contributed by atoms with Gasteiger partial charge < -0.3 is 10.2 Å². The number of nitrogens with one attached hydrogen (secondary N) is 1. The molecule has 0 spiro atoms. The third kappa shape index (κ3) is 6.05. The van der Waals surface area contributed by atoms with Crippen LogP contribution in [0.1, 0.15) is 19.3 Å². The smallest absolute Gasteiger partial charge is 0.350 e. The number of halogens is 3. The molecule has 3 nitrogen and oxygen atoms in total. The van der Waals surface area contributed by atoms with Gasteiger partial charge in [-0.1, -0.05) is 6.08 Å². The molecule has 1 N–H and O–H groups in total. The van der Waals surface area contributed by atoms with Crippen LogP contribution in [0.4, 0.5) is 13.2 Å². The first kappa shape index (κ1) is 15.0. The van der Waals surface area contributed by atoms with E-state index in [-0.39, 0.29) is 17.9 Å². The largest absolute Gasteiger partial charge is 0.389 e. The Hall–Kier alpha value is -1.04. The molecule has 0 aromatic rings. The van der Waals surface area contributed by atoms with Crippen molar-refractivity contribution in [3.8, 4) is 0 Å². The highest BCUT2D eigenvalue weighted by Gasteiger charge is 2.39. The summed E-state index contributed by atoms with van der Waals surface area (Å²) in [6, 6.07) is -0.103. The summed E-state index contributed by atoms with van der Waals surface area (Å²) in [4.78, 5) is 13.3. The highest BCUT2D eigenvalue weighted by atomic mass is 19.4. The van der Waals surface area contributed by atoms with Crippen LogP contribution < -0.4 is 5.32 Å². The molecule has 0 unspecified atom stereocenters. The molecule has 0 bridgehead atoms. The molecule has 0 atom stereocenters. The third-order valence-electron chi connectivity index (χ3n) is 2.84. The van der Waals surface area contributed by atoms with Gasteiger partial charge in [-0.15, -0.1) is 0 Å². The number of alkyl halides is 3. The number of amides is 1. The van der Waals surface area contributed by atoms with E-state index in [1.54, 1.807) is 6.08 Å². The summed E-state index contributed by atoms with van der Waals surface area (Å²) in [5.41, 5.74) is 0. The van der Waals surface area contributed by atoms with Gasteiger partial charge in [-0.05, 0) is 32.9 Å². The fourth-order valence-corrected chi connectivity index (χ4v) is 1.97. The lowest BCUT2D eigenvalue weighted by Crippen LogP contribution is -2.44. The fourth-order valence-electron chi connectivity index (χ4n) is 1.97. The zero-order valence-electron chi connectivity index (χ0n) is 10.6. The number of carbonyl (C=O) groups excluding carboxylic acids is 1. The van der Waals surface area contributed by atoms with E-state index >= 15 is 0 Å². The van der Waals surface area contributed by atoms with E-state index in [2.05, 4.69) is 5.32 Å². The maximum absolute atomic E-state index is 12.1. The molecular weight excluding hydrogens is 245 g/mol. The van der Waals surface area contributed by atoms with E-state index in [0.717, 1.165) is 0 Å². The van der Waals surface area contributed by atoms with Crippen LogP contribution in [0.5, 0.6) is 0 Å². The zero-order chi connectivity index (χ0) is 13.8. The van der Waals surface area contributed by atoms with Gasteiger partial charge in [0.15, 0.2) is 0 Å². The van der Waals surface area contributed by atoms with Crippen LogP contribution in [0.2, 0.25) is 0 Å². The molecular formula is C12H19F3N2O. The van der Waals surface area contributed by atoms with Crippen LogP contribution >= 0.6 is 0 Å². The van der Waals surface area contributed by atoms with E-state index in [1.807, 2.05) is 19.0 Å². The molecule has 1 aliphatic rings. The average molecular weight is 264 g/mol. The molecule has 1 fully saturated rings. The summed E-state index contributed by atoms with van der Waals surface area (Å²) in [6.45, 7) is 0.661. The van der Waals surface area contributed by atoms with Crippen molar-refractivity contribution >= 4 is 5.91 Å². The van der Waals surface area contributed by atoms with Gasteiger partial charge in [-0.2, -0.15) is 13.2 Å². The Balaban J connectivity index is 2.16. The van der Waals surface area contributed by atoms with Crippen molar-refractivity contribution in [2.75, 3.05) is 20.6 Å². The number of carbonyl (C=O) groups is 1. The standard InChI is InChI=1S/C12H19F3N2O/c1-17(2)5-3-4-11(18)16-10-6-9(7-10)8-12(13,14)15/h3-4,9-10H,5-8H2,1-2H3,(H,16,18)/b4-3+. The summed E-state index contributed by atoms with van der Waals surface area (Å²) < 4.78 is 36.2. The van der Waals surface area contributed by atoms with Crippen LogP contribution in [0, 0.1) is 5.92 Å². The molecule has 0 saturated heterocycles. The number of nitrogens with zero attached hydrogens (tertiary/aromatic N) is 1. The summed E-state index contributed by atoms with van der Waals surface area (Å²) >= 11 is 0. The molecule has 0 heterocycles. The minimum absolute atomic E-state index is 0.103. The van der Waals surface area contributed by atoms with Gasteiger partial charge in [0.1, 0.15) is 0 Å². The monoisotopic (exact) mass is 264 g/mol. The van der Waals surface area contributed by atoms with Crippen LogP contribution in [-0.4, -0.2) is 43.7 Å². The van der Waals surface area contributed by atoms with Crippen LogP contribution in [0.15, 0.2) is 12.2 Å². The molecule has 0 aromatic carbocycles. The molecule has 104 valence electrons. The van der Waals surface area contributed by atoms with Crippen LogP contribution in [-0.2, 0) is 4.79 Å². The Morgan fingerprint density at radius 3 is 2.50 bits per heavy atom. The Labute approximate surface area is 105 Å². The zero-order valence-corrected chi connectivity index (χ0v) is 10.6. The van der Waals surface area contributed by atoms with Gasteiger partial charge in [-0.25, -0.2) is 0 Å². The Morgan fingerprint density at radius 2 is 2.00 bits per heavy atom. The van der Waals surface area contributed by atoms with Crippen LogP contribution in [0.25, 0.3) is 0 Å². The first-order valence-corrected chi connectivity index (χ1v) is 5.95. The number of likely N-dealkylation sites (N-methyl/N-ethyl adjacent to an activating group) is 1. The summed E-state index contributed by atoms with van der Waals surface area (Å²) in [6.07, 6.45) is -0.834. The normalized spacial score (nSPS) is 24.3. The number of hydrogen-bond donors (Lipinski definition) is 1. The Bertz CT molecular complexity index is 307. The lowest BCUT2D eigenvalue weighted by Gasteiger charge is -2.36. The maximum Gasteiger partial charge on any atom is 0.389 e. The fraction of sp³-hybridized carbons (Fsp3) is 0.750. The van der Waals surface area contributed by atoms with Gasteiger partial charge in [-0.3, -0.25) is 4.79 Å². The lowest BCUT2D eigenvalue weighted by molar-refractivity contribution is -0.151. The van der Waals surface area contributed by atoms with Crippen molar-refractivity contribution in [2.45, 2.75) is 31.5 Å². The van der Waals surface area contributed by atoms with Crippen LogP contribution in [0.3, 0.4) is 0 Å². The molecule has 1 saturated carbocycles. The number of rotatable bonds is 5. The van der Waals surface area contributed by atoms with Gasteiger partial charge in [0.25, 0.3) is 0 Å². The molecule has 1 rings (SSSR count). The topological polar surface area (TPSA) is 32.3 Å². The summed E-state index contributed by atoms with van der Waals surface area (Å²) in [7, 11) is 3.77. The predicted octanol–water partition coefficient (Wildman–Crippen LogP) is 1.95. The first-order valence-electron chi connectivity index (χ1n) is 5.95.